The molecule has 7 heteroatoms. The van der Waals surface area contributed by atoms with Crippen LogP contribution < -0.4 is 4.90 Å². The predicted octanol–water partition coefficient (Wildman–Crippen LogP) is 3.29. The zero-order valence-corrected chi connectivity index (χ0v) is 18.5. The van der Waals surface area contributed by atoms with E-state index in [-0.39, 0.29) is 11.8 Å². The van der Waals surface area contributed by atoms with Crippen molar-refractivity contribution < 1.29 is 9.59 Å². The van der Waals surface area contributed by atoms with Gasteiger partial charge in [-0.25, -0.2) is 4.98 Å². The molecule has 0 radical (unpaired) electrons. The fraction of sp³-hybridized carbons (Fsp3) is 0.240. The molecule has 3 aromatic rings. The Labute approximate surface area is 191 Å². The molecule has 6 nitrogen and oxygen atoms in total. The summed E-state index contributed by atoms with van der Waals surface area (Å²) in [4.78, 5) is 37.9. The molecule has 4 heterocycles. The lowest BCUT2D eigenvalue weighted by Gasteiger charge is -2.37. The second-order valence-electron chi connectivity index (χ2n) is 7.86. The molecule has 0 bridgehead atoms. The summed E-state index contributed by atoms with van der Waals surface area (Å²) >= 11 is 1.50. The van der Waals surface area contributed by atoms with Gasteiger partial charge in [0.15, 0.2) is 0 Å². The van der Waals surface area contributed by atoms with Crippen molar-refractivity contribution >= 4 is 34.5 Å². The van der Waals surface area contributed by atoms with Crippen LogP contribution in [0, 0.1) is 0 Å². The van der Waals surface area contributed by atoms with E-state index < -0.39 is 0 Å². The van der Waals surface area contributed by atoms with E-state index >= 15 is 0 Å². The first kappa shape index (κ1) is 20.5. The molecule has 0 saturated carbocycles. The van der Waals surface area contributed by atoms with Crippen molar-refractivity contribution in [2.45, 2.75) is 6.42 Å². The van der Waals surface area contributed by atoms with E-state index in [2.05, 4.69) is 14.8 Å². The van der Waals surface area contributed by atoms with Gasteiger partial charge in [0.2, 0.25) is 0 Å². The molecule has 1 aromatic carbocycles. The van der Waals surface area contributed by atoms with Gasteiger partial charge in [-0.2, -0.15) is 0 Å². The zero-order chi connectivity index (χ0) is 21.9. The van der Waals surface area contributed by atoms with Crippen molar-refractivity contribution in [3.05, 3.63) is 88.4 Å². The molecule has 32 heavy (non-hydrogen) atoms. The number of thiophene rings is 1. The number of hydrogen-bond donors (Lipinski definition) is 0. The fourth-order valence-electron chi connectivity index (χ4n) is 4.29. The van der Waals surface area contributed by atoms with Crippen molar-refractivity contribution in [3.63, 3.8) is 0 Å². The first-order chi connectivity index (χ1) is 15.7. The summed E-state index contributed by atoms with van der Waals surface area (Å²) in [7, 11) is 0. The Hall–Kier alpha value is -3.45. The number of rotatable bonds is 6. The van der Waals surface area contributed by atoms with Gasteiger partial charge in [0.05, 0.1) is 5.57 Å². The molecule has 0 aliphatic carbocycles. The Balaban J connectivity index is 1.37. The van der Waals surface area contributed by atoms with Gasteiger partial charge in [0, 0.05) is 43.8 Å². The lowest BCUT2D eigenvalue weighted by atomic mass is 10.1. The van der Waals surface area contributed by atoms with Crippen LogP contribution in [0.25, 0.3) is 5.57 Å². The number of aromatic nitrogens is 1. The smallest absolute Gasteiger partial charge is 0.277 e. The number of hydrogen-bond acceptors (Lipinski definition) is 6. The van der Waals surface area contributed by atoms with Gasteiger partial charge in [-0.05, 0) is 35.6 Å². The summed E-state index contributed by atoms with van der Waals surface area (Å²) in [5.41, 5.74) is 2.21. The predicted molar refractivity (Wildman–Crippen MR) is 126 cm³/mol. The molecule has 1 fully saturated rings. The summed E-state index contributed by atoms with van der Waals surface area (Å²) in [5.74, 6) is 0.578. The Morgan fingerprint density at radius 2 is 1.56 bits per heavy atom. The second kappa shape index (κ2) is 8.96. The average molecular weight is 445 g/mol. The van der Waals surface area contributed by atoms with E-state index in [0.29, 0.717) is 37.3 Å². The Bertz CT molecular complexity index is 1120. The number of piperazine rings is 1. The number of amides is 2. The van der Waals surface area contributed by atoms with Crippen molar-refractivity contribution in [1.82, 2.24) is 14.8 Å². The highest BCUT2D eigenvalue weighted by Crippen LogP contribution is 2.34. The number of nitrogens with zero attached hydrogens (tertiary/aromatic N) is 4. The van der Waals surface area contributed by atoms with Crippen LogP contribution in [0.4, 0.5) is 5.82 Å². The normalized spacial score (nSPS) is 16.9. The van der Waals surface area contributed by atoms with Gasteiger partial charge in [-0.15, -0.1) is 11.3 Å². The van der Waals surface area contributed by atoms with E-state index in [9.17, 15) is 9.59 Å². The number of benzene rings is 1. The quantitative estimate of drug-likeness (QED) is 0.546. The molecule has 2 amide bonds. The minimum absolute atomic E-state index is 0.180. The van der Waals surface area contributed by atoms with Crippen LogP contribution in [0.2, 0.25) is 0 Å². The maximum absolute atomic E-state index is 13.5. The van der Waals surface area contributed by atoms with Crippen LogP contribution >= 0.6 is 11.3 Å². The Morgan fingerprint density at radius 1 is 0.812 bits per heavy atom. The second-order valence-corrected chi connectivity index (χ2v) is 8.81. The molecular formula is C25H24N4O2S. The van der Waals surface area contributed by atoms with Crippen LogP contribution in [0.5, 0.6) is 0 Å². The number of anilines is 1. The zero-order valence-electron chi connectivity index (χ0n) is 17.7. The number of pyridine rings is 1. The molecule has 2 aromatic heterocycles. The summed E-state index contributed by atoms with van der Waals surface area (Å²) in [6, 6.07) is 19.7. The maximum atomic E-state index is 13.5. The SMILES string of the molecule is O=C1C(c2cccs2)=C(N2CCN(c3ccccn3)CC2)C(=O)N1CCc1ccccc1. The van der Waals surface area contributed by atoms with Crippen LogP contribution in [-0.4, -0.2) is 59.3 Å². The third kappa shape index (κ3) is 3.91. The third-order valence-electron chi connectivity index (χ3n) is 5.95. The van der Waals surface area contributed by atoms with Gasteiger partial charge >= 0.3 is 0 Å². The van der Waals surface area contributed by atoms with Crippen LogP contribution in [0.15, 0.2) is 77.9 Å². The van der Waals surface area contributed by atoms with E-state index in [1.807, 2.05) is 66.0 Å². The van der Waals surface area contributed by atoms with E-state index in [1.54, 1.807) is 6.20 Å². The molecule has 5 rings (SSSR count). The minimum atomic E-state index is -0.185. The summed E-state index contributed by atoms with van der Waals surface area (Å²) in [6.45, 7) is 3.24. The molecular weight excluding hydrogens is 420 g/mol. The lowest BCUT2D eigenvalue weighted by molar-refractivity contribution is -0.137. The molecule has 0 spiro atoms. The van der Waals surface area contributed by atoms with Crippen LogP contribution in [0.1, 0.15) is 10.4 Å². The third-order valence-corrected chi connectivity index (χ3v) is 6.83. The topological polar surface area (TPSA) is 56.8 Å². The lowest BCUT2D eigenvalue weighted by Crippen LogP contribution is -2.48. The monoisotopic (exact) mass is 444 g/mol. The largest absolute Gasteiger partial charge is 0.363 e. The molecule has 0 atom stereocenters. The average Bonchev–Trinajstić information content (AvgIpc) is 3.45. The molecule has 2 aliphatic heterocycles. The van der Waals surface area contributed by atoms with Crippen molar-refractivity contribution in [1.29, 1.82) is 0 Å². The summed E-state index contributed by atoms with van der Waals surface area (Å²) in [5, 5.41) is 1.95. The fourth-order valence-corrected chi connectivity index (χ4v) is 5.05. The highest BCUT2D eigenvalue weighted by atomic mass is 32.1. The van der Waals surface area contributed by atoms with Gasteiger partial charge in [0.25, 0.3) is 11.8 Å². The van der Waals surface area contributed by atoms with Gasteiger partial charge in [0.1, 0.15) is 11.5 Å². The highest BCUT2D eigenvalue weighted by molar-refractivity contribution is 7.11. The van der Waals surface area contributed by atoms with Crippen molar-refractivity contribution in [2.75, 3.05) is 37.6 Å². The molecule has 162 valence electrons. The summed E-state index contributed by atoms with van der Waals surface area (Å²) < 4.78 is 0. The Morgan fingerprint density at radius 3 is 2.25 bits per heavy atom. The van der Waals surface area contributed by atoms with Crippen molar-refractivity contribution in [2.24, 2.45) is 0 Å². The highest BCUT2D eigenvalue weighted by Gasteiger charge is 2.42. The van der Waals surface area contributed by atoms with E-state index in [1.165, 1.54) is 16.2 Å². The van der Waals surface area contributed by atoms with Crippen LogP contribution in [-0.2, 0) is 16.0 Å². The molecule has 0 unspecified atom stereocenters. The van der Waals surface area contributed by atoms with Gasteiger partial charge in [-0.3, -0.25) is 14.5 Å². The first-order valence-corrected chi connectivity index (χ1v) is 11.7. The van der Waals surface area contributed by atoms with Crippen molar-refractivity contribution in [3.8, 4) is 0 Å². The van der Waals surface area contributed by atoms with E-state index in [0.717, 1.165) is 29.3 Å². The number of imide groups is 1. The molecule has 2 aliphatic rings. The maximum Gasteiger partial charge on any atom is 0.277 e. The number of carbonyl (C=O) groups is 2. The van der Waals surface area contributed by atoms with Gasteiger partial charge < -0.3 is 9.80 Å². The molecule has 0 N–H and O–H groups in total. The summed E-state index contributed by atoms with van der Waals surface area (Å²) in [6.07, 6.45) is 2.44. The minimum Gasteiger partial charge on any atom is -0.363 e. The van der Waals surface area contributed by atoms with Crippen LogP contribution in [0.3, 0.4) is 0 Å². The van der Waals surface area contributed by atoms with E-state index in [4.69, 9.17) is 0 Å². The Kier molecular flexibility index (Phi) is 5.73. The first-order valence-electron chi connectivity index (χ1n) is 10.8. The molecule has 1 saturated heterocycles. The standard InChI is InChI=1S/C25H24N4O2S/c30-24-22(20-9-6-18-32-20)23(25(31)29(24)13-11-19-7-2-1-3-8-19)28-16-14-27(15-17-28)21-10-4-5-12-26-21/h1-10,12,18H,11,13-17H2. The van der Waals surface area contributed by atoms with Gasteiger partial charge in [-0.1, -0.05) is 42.5 Å². The number of carbonyl (C=O) groups excluding carboxylic acids is 2.